The molecule has 1 aliphatic heterocycles. The second-order valence-corrected chi connectivity index (χ2v) is 9.04. The van der Waals surface area contributed by atoms with Crippen LogP contribution in [0.4, 0.5) is 0 Å². The number of carbonyl (C=O) groups is 5. The molecule has 2 rings (SSSR count). The Kier molecular flexibility index (Phi) is 10.2. The molecule has 1 aromatic rings. The van der Waals surface area contributed by atoms with Crippen LogP contribution in [0.25, 0.3) is 0 Å². The van der Waals surface area contributed by atoms with Crippen molar-refractivity contribution in [3.05, 3.63) is 29.8 Å². The van der Waals surface area contributed by atoms with E-state index in [2.05, 4.69) is 10.6 Å². The van der Waals surface area contributed by atoms with Crippen LogP contribution in [0.3, 0.4) is 0 Å². The van der Waals surface area contributed by atoms with E-state index in [1.807, 2.05) is 6.92 Å². The summed E-state index contributed by atoms with van der Waals surface area (Å²) in [5.41, 5.74) is 6.79. The van der Waals surface area contributed by atoms with Crippen molar-refractivity contribution in [2.75, 3.05) is 6.54 Å². The summed E-state index contributed by atoms with van der Waals surface area (Å²) in [6, 6.07) is 1.71. The van der Waals surface area contributed by atoms with Gasteiger partial charge in [-0.05, 0) is 42.9 Å². The zero-order valence-electron chi connectivity index (χ0n) is 20.3. The lowest BCUT2D eigenvalue weighted by molar-refractivity contribution is -0.148. The predicted octanol–water partition coefficient (Wildman–Crippen LogP) is -0.172. The lowest BCUT2D eigenvalue weighted by Crippen LogP contribution is -2.58. The first-order valence-corrected chi connectivity index (χ1v) is 11.8. The molecular formula is C24H34N4O8. The molecule has 3 amide bonds. The Balaban J connectivity index is 2.12. The SMILES string of the molecule is CCC(C)C(NC(=O)C(N)Cc1ccc(O)cc1)C(=O)N1CCCC1C(=O)NC(CC(=O)O)C(=O)O. The lowest BCUT2D eigenvalue weighted by Gasteiger charge is -2.32. The average Bonchev–Trinajstić information content (AvgIpc) is 3.32. The van der Waals surface area contributed by atoms with Gasteiger partial charge in [0.05, 0.1) is 12.5 Å². The number of carboxylic acids is 2. The molecule has 0 bridgehead atoms. The number of rotatable bonds is 12. The number of phenols is 1. The first kappa shape index (κ1) is 28.6. The maximum atomic E-state index is 13.5. The summed E-state index contributed by atoms with van der Waals surface area (Å²) in [6.07, 6.45) is 0.698. The number of amides is 3. The molecule has 1 saturated heterocycles. The van der Waals surface area contributed by atoms with Crippen LogP contribution in [0.1, 0.15) is 45.1 Å². The molecule has 0 aromatic heterocycles. The Labute approximate surface area is 208 Å². The van der Waals surface area contributed by atoms with Crippen molar-refractivity contribution in [2.45, 2.75) is 70.1 Å². The quantitative estimate of drug-likeness (QED) is 0.223. The number of hydrogen-bond acceptors (Lipinski definition) is 7. The van der Waals surface area contributed by atoms with Crippen LogP contribution >= 0.6 is 0 Å². The molecule has 12 heteroatoms. The number of benzene rings is 1. The molecule has 1 fully saturated rings. The van der Waals surface area contributed by atoms with Crippen LogP contribution in [0.15, 0.2) is 24.3 Å². The van der Waals surface area contributed by atoms with Crippen LogP contribution in [0.2, 0.25) is 0 Å². The number of carboxylic acid groups (broad SMARTS) is 2. The van der Waals surface area contributed by atoms with Crippen LogP contribution in [0, 0.1) is 5.92 Å². The number of phenolic OH excluding ortho intramolecular Hbond substituents is 1. The summed E-state index contributed by atoms with van der Waals surface area (Å²) in [5, 5.41) is 32.5. The molecule has 5 atom stereocenters. The van der Waals surface area contributed by atoms with Gasteiger partial charge in [-0.3, -0.25) is 19.2 Å². The molecule has 5 unspecified atom stereocenters. The van der Waals surface area contributed by atoms with Crippen molar-refractivity contribution in [2.24, 2.45) is 11.7 Å². The zero-order valence-corrected chi connectivity index (χ0v) is 20.3. The lowest BCUT2D eigenvalue weighted by atomic mass is 9.96. The molecule has 0 spiro atoms. The maximum Gasteiger partial charge on any atom is 0.326 e. The third-order valence-corrected chi connectivity index (χ3v) is 6.34. The molecule has 12 nitrogen and oxygen atoms in total. The topological polar surface area (TPSA) is 199 Å². The molecule has 1 heterocycles. The van der Waals surface area contributed by atoms with Gasteiger partial charge in [-0.1, -0.05) is 32.4 Å². The molecule has 198 valence electrons. The molecule has 1 aromatic carbocycles. The number of nitrogens with one attached hydrogen (secondary N) is 2. The predicted molar refractivity (Wildman–Crippen MR) is 128 cm³/mol. The highest BCUT2D eigenvalue weighted by molar-refractivity contribution is 5.95. The number of aliphatic carboxylic acids is 2. The van der Waals surface area contributed by atoms with E-state index >= 15 is 0 Å². The van der Waals surface area contributed by atoms with Gasteiger partial charge in [0.1, 0.15) is 23.9 Å². The summed E-state index contributed by atoms with van der Waals surface area (Å²) in [7, 11) is 0. The van der Waals surface area contributed by atoms with Crippen LogP contribution < -0.4 is 16.4 Å². The largest absolute Gasteiger partial charge is 0.508 e. The highest BCUT2D eigenvalue weighted by Gasteiger charge is 2.40. The fourth-order valence-electron chi connectivity index (χ4n) is 4.05. The fourth-order valence-corrected chi connectivity index (χ4v) is 4.05. The molecule has 0 aliphatic carbocycles. The van der Waals surface area contributed by atoms with Gasteiger partial charge in [-0.2, -0.15) is 0 Å². The van der Waals surface area contributed by atoms with Crippen LogP contribution in [0.5, 0.6) is 5.75 Å². The molecule has 1 aliphatic rings. The summed E-state index contributed by atoms with van der Waals surface area (Å²) in [6.45, 7) is 3.87. The second-order valence-electron chi connectivity index (χ2n) is 9.04. The Morgan fingerprint density at radius 2 is 1.75 bits per heavy atom. The van der Waals surface area contributed by atoms with Gasteiger partial charge in [0, 0.05) is 6.54 Å². The van der Waals surface area contributed by atoms with Gasteiger partial charge < -0.3 is 36.6 Å². The van der Waals surface area contributed by atoms with Crippen LogP contribution in [-0.4, -0.2) is 80.6 Å². The van der Waals surface area contributed by atoms with E-state index in [4.69, 9.17) is 10.8 Å². The minimum Gasteiger partial charge on any atom is -0.508 e. The number of carbonyl (C=O) groups excluding carboxylic acids is 3. The van der Waals surface area contributed by atoms with E-state index in [1.54, 1.807) is 19.1 Å². The van der Waals surface area contributed by atoms with Crippen molar-refractivity contribution < 1.29 is 39.3 Å². The molecule has 0 saturated carbocycles. The third-order valence-electron chi connectivity index (χ3n) is 6.34. The highest BCUT2D eigenvalue weighted by Crippen LogP contribution is 2.22. The van der Waals surface area contributed by atoms with E-state index in [0.29, 0.717) is 12.8 Å². The Hall–Kier alpha value is -3.67. The normalized spacial score (nSPS) is 18.5. The second kappa shape index (κ2) is 12.9. The standard InChI is InChI=1S/C24H34N4O8/c1-3-13(2)20(27-21(32)16(25)11-14-6-8-15(29)9-7-14)23(34)28-10-4-5-18(28)22(33)26-17(24(35)36)12-19(30)31/h6-9,13,16-18,20,29H,3-5,10-12,25H2,1-2H3,(H,26,33)(H,27,32)(H,30,31)(H,35,36). The van der Waals surface area contributed by atoms with Crippen molar-refractivity contribution in [1.29, 1.82) is 0 Å². The van der Waals surface area contributed by atoms with Gasteiger partial charge in [-0.15, -0.1) is 0 Å². The minimum atomic E-state index is -1.63. The highest BCUT2D eigenvalue weighted by atomic mass is 16.4. The summed E-state index contributed by atoms with van der Waals surface area (Å²) in [5.74, 6) is -4.87. The van der Waals surface area contributed by atoms with Gasteiger partial charge in [0.2, 0.25) is 17.7 Å². The van der Waals surface area contributed by atoms with Crippen molar-refractivity contribution in [1.82, 2.24) is 15.5 Å². The first-order valence-electron chi connectivity index (χ1n) is 11.8. The first-order chi connectivity index (χ1) is 16.9. The Morgan fingerprint density at radius 1 is 1.11 bits per heavy atom. The Bertz CT molecular complexity index is 967. The van der Waals surface area contributed by atoms with Crippen molar-refractivity contribution >= 4 is 29.7 Å². The zero-order chi connectivity index (χ0) is 27.0. The molecule has 7 N–H and O–H groups in total. The van der Waals surface area contributed by atoms with E-state index in [0.717, 1.165) is 5.56 Å². The van der Waals surface area contributed by atoms with Gasteiger partial charge in [0.25, 0.3) is 0 Å². The number of nitrogens with two attached hydrogens (primary N) is 1. The molecule has 36 heavy (non-hydrogen) atoms. The summed E-state index contributed by atoms with van der Waals surface area (Å²) in [4.78, 5) is 62.7. The van der Waals surface area contributed by atoms with E-state index in [9.17, 15) is 34.2 Å². The maximum absolute atomic E-state index is 13.5. The Morgan fingerprint density at radius 3 is 2.31 bits per heavy atom. The number of nitrogens with zero attached hydrogens (tertiary/aromatic N) is 1. The number of likely N-dealkylation sites (tertiary alicyclic amines) is 1. The van der Waals surface area contributed by atoms with Crippen molar-refractivity contribution in [3.8, 4) is 5.75 Å². The smallest absolute Gasteiger partial charge is 0.326 e. The molecular weight excluding hydrogens is 472 g/mol. The van der Waals surface area contributed by atoms with Gasteiger partial charge in [0.15, 0.2) is 0 Å². The van der Waals surface area contributed by atoms with Crippen LogP contribution in [-0.2, 0) is 30.4 Å². The van der Waals surface area contributed by atoms with E-state index in [1.165, 1.54) is 17.0 Å². The average molecular weight is 507 g/mol. The minimum absolute atomic E-state index is 0.0843. The number of aromatic hydroxyl groups is 1. The van der Waals surface area contributed by atoms with Gasteiger partial charge in [-0.25, -0.2) is 4.79 Å². The van der Waals surface area contributed by atoms with E-state index < -0.39 is 60.2 Å². The van der Waals surface area contributed by atoms with Gasteiger partial charge >= 0.3 is 11.9 Å². The fraction of sp³-hybridized carbons (Fsp3) is 0.542. The summed E-state index contributed by atoms with van der Waals surface area (Å²) < 4.78 is 0. The number of hydrogen-bond donors (Lipinski definition) is 6. The monoisotopic (exact) mass is 506 g/mol. The summed E-state index contributed by atoms with van der Waals surface area (Å²) >= 11 is 0. The third kappa shape index (κ3) is 7.67. The van der Waals surface area contributed by atoms with E-state index in [-0.39, 0.29) is 31.1 Å². The molecule has 0 radical (unpaired) electrons. The van der Waals surface area contributed by atoms with Crippen molar-refractivity contribution in [3.63, 3.8) is 0 Å².